The number of hydrogen-bond acceptors (Lipinski definition) is 7. The minimum Gasteiger partial charge on any atom is -0.368 e. The van der Waals surface area contributed by atoms with E-state index in [0.717, 1.165) is 68.8 Å². The second kappa shape index (κ2) is 9.64. The lowest BCUT2D eigenvalue weighted by atomic mass is 10.0. The van der Waals surface area contributed by atoms with Gasteiger partial charge < -0.3 is 21.3 Å². The molecule has 8 nitrogen and oxygen atoms in total. The quantitative estimate of drug-likeness (QED) is 0.443. The average Bonchev–Trinajstić information content (AvgIpc) is 3.30. The van der Waals surface area contributed by atoms with Crippen LogP contribution in [0, 0.1) is 0 Å². The van der Waals surface area contributed by atoms with E-state index < -0.39 is 5.79 Å². The topological polar surface area (TPSA) is 104 Å². The SMILES string of the molecule is NC1(c2cc(Cl)cc(Cl)c2)N=CC(c2cnn(C3CCNCC3)c2)=C(NC2CCNCC2)N1. The highest BCUT2D eigenvalue weighted by Crippen LogP contribution is 2.31. The molecular formula is C23H30Cl2N8. The molecule has 1 atom stereocenters. The van der Waals surface area contributed by atoms with Gasteiger partial charge in [-0.15, -0.1) is 0 Å². The summed E-state index contributed by atoms with van der Waals surface area (Å²) < 4.78 is 2.08. The smallest absolute Gasteiger partial charge is 0.210 e. The molecule has 0 bridgehead atoms. The Hall–Kier alpha value is -2.10. The first-order chi connectivity index (χ1) is 16.0. The first kappa shape index (κ1) is 22.7. The van der Waals surface area contributed by atoms with Gasteiger partial charge in [-0.3, -0.25) is 10.4 Å². The third kappa shape index (κ3) is 5.05. The third-order valence-corrected chi connectivity index (χ3v) is 7.00. The molecule has 5 rings (SSSR count). The van der Waals surface area contributed by atoms with Gasteiger partial charge in [0, 0.05) is 45.2 Å². The van der Waals surface area contributed by atoms with Gasteiger partial charge in [-0.05, 0) is 70.1 Å². The van der Waals surface area contributed by atoms with Gasteiger partial charge >= 0.3 is 0 Å². The van der Waals surface area contributed by atoms with E-state index in [2.05, 4.69) is 37.2 Å². The van der Waals surface area contributed by atoms with Gasteiger partial charge in [0.15, 0.2) is 0 Å². The Balaban J connectivity index is 1.47. The molecule has 2 aromatic rings. The van der Waals surface area contributed by atoms with Gasteiger partial charge in [-0.25, -0.2) is 4.99 Å². The number of hydrogen-bond donors (Lipinski definition) is 5. The molecule has 33 heavy (non-hydrogen) atoms. The molecule has 0 amide bonds. The van der Waals surface area contributed by atoms with Crippen molar-refractivity contribution in [2.75, 3.05) is 26.2 Å². The van der Waals surface area contributed by atoms with Gasteiger partial charge in [0.2, 0.25) is 5.79 Å². The Morgan fingerprint density at radius 3 is 2.36 bits per heavy atom. The number of nitrogens with one attached hydrogen (secondary N) is 4. The molecule has 1 aromatic heterocycles. The van der Waals surface area contributed by atoms with Crippen molar-refractivity contribution in [3.63, 3.8) is 0 Å². The summed E-state index contributed by atoms with van der Waals surface area (Å²) in [4.78, 5) is 4.70. The lowest BCUT2D eigenvalue weighted by Gasteiger charge is -2.36. The molecule has 10 heteroatoms. The fourth-order valence-corrected chi connectivity index (χ4v) is 5.22. The van der Waals surface area contributed by atoms with Crippen LogP contribution in [0.1, 0.15) is 42.9 Å². The Morgan fingerprint density at radius 1 is 1.00 bits per heavy atom. The van der Waals surface area contributed by atoms with Crippen LogP contribution in [0.25, 0.3) is 5.57 Å². The molecule has 2 saturated heterocycles. The normalized spacial score (nSPS) is 24.7. The summed E-state index contributed by atoms with van der Waals surface area (Å²) in [5.74, 6) is -0.335. The van der Waals surface area contributed by atoms with Crippen LogP contribution in [0.3, 0.4) is 0 Å². The summed E-state index contributed by atoms with van der Waals surface area (Å²) in [5.41, 5.74) is 9.39. The fourth-order valence-electron chi connectivity index (χ4n) is 4.69. The largest absolute Gasteiger partial charge is 0.368 e. The van der Waals surface area contributed by atoms with Crippen LogP contribution in [0.5, 0.6) is 0 Å². The molecule has 0 saturated carbocycles. The monoisotopic (exact) mass is 488 g/mol. The minimum absolute atomic E-state index is 0.335. The zero-order valence-corrected chi connectivity index (χ0v) is 20.0. The highest BCUT2D eigenvalue weighted by molar-refractivity contribution is 6.34. The van der Waals surface area contributed by atoms with Crippen LogP contribution in [0.15, 0.2) is 41.4 Å². The number of aliphatic imine (C=N–C) groups is 1. The number of piperidine rings is 2. The predicted molar refractivity (Wildman–Crippen MR) is 133 cm³/mol. The van der Waals surface area contributed by atoms with Gasteiger partial charge in [0.05, 0.1) is 12.2 Å². The van der Waals surface area contributed by atoms with Crippen molar-refractivity contribution in [1.82, 2.24) is 31.0 Å². The van der Waals surface area contributed by atoms with Crippen molar-refractivity contribution in [2.45, 2.75) is 43.6 Å². The summed E-state index contributed by atoms with van der Waals surface area (Å²) in [6, 6.07) is 6.02. The second-order valence-corrected chi connectivity index (χ2v) is 9.83. The molecule has 3 aliphatic rings. The molecule has 4 heterocycles. The van der Waals surface area contributed by atoms with E-state index in [-0.39, 0.29) is 0 Å². The number of nitrogens with zero attached hydrogens (tertiary/aromatic N) is 3. The van der Waals surface area contributed by atoms with Crippen molar-refractivity contribution < 1.29 is 0 Å². The first-order valence-corrected chi connectivity index (χ1v) is 12.3. The van der Waals surface area contributed by atoms with Crippen LogP contribution >= 0.6 is 23.2 Å². The number of rotatable bonds is 5. The Kier molecular flexibility index (Phi) is 6.62. The number of halogens is 2. The summed E-state index contributed by atoms with van der Waals surface area (Å²) in [6.45, 7) is 4.01. The molecule has 2 fully saturated rings. The van der Waals surface area contributed by atoms with Gasteiger partial charge in [-0.2, -0.15) is 5.10 Å². The molecule has 176 valence electrons. The van der Waals surface area contributed by atoms with E-state index >= 15 is 0 Å². The van der Waals surface area contributed by atoms with E-state index in [4.69, 9.17) is 33.9 Å². The van der Waals surface area contributed by atoms with Crippen molar-refractivity contribution in [1.29, 1.82) is 0 Å². The van der Waals surface area contributed by atoms with Crippen molar-refractivity contribution in [3.8, 4) is 0 Å². The van der Waals surface area contributed by atoms with Crippen molar-refractivity contribution in [3.05, 3.63) is 57.6 Å². The molecule has 0 aliphatic carbocycles. The van der Waals surface area contributed by atoms with Crippen LogP contribution in [-0.2, 0) is 5.79 Å². The molecule has 3 aliphatic heterocycles. The summed E-state index contributed by atoms with van der Waals surface area (Å²) in [7, 11) is 0. The standard InChI is InChI=1S/C23H30Cl2N8/c24-17-9-16(10-18(25)11-17)23(26)29-13-21(22(32-23)31-19-1-5-27-6-2-19)15-12-30-33(14-15)20-3-7-28-8-4-20/h9-14,19-20,27-28,31-32H,1-8,26H2. The molecule has 6 N–H and O–H groups in total. The highest BCUT2D eigenvalue weighted by Gasteiger charge is 2.33. The number of allylic oxidation sites excluding steroid dienone is 1. The van der Waals surface area contributed by atoms with E-state index in [0.29, 0.717) is 27.7 Å². The maximum Gasteiger partial charge on any atom is 0.210 e. The second-order valence-electron chi connectivity index (χ2n) is 8.96. The van der Waals surface area contributed by atoms with Crippen LogP contribution in [0.4, 0.5) is 0 Å². The summed E-state index contributed by atoms with van der Waals surface area (Å²) in [5, 5.41) is 19.7. The fraction of sp³-hybridized carbons (Fsp3) is 0.478. The van der Waals surface area contributed by atoms with E-state index in [9.17, 15) is 0 Å². The highest BCUT2D eigenvalue weighted by atomic mass is 35.5. The van der Waals surface area contributed by atoms with Crippen molar-refractivity contribution in [2.24, 2.45) is 10.7 Å². The lowest BCUT2D eigenvalue weighted by molar-refractivity contribution is 0.343. The van der Waals surface area contributed by atoms with Crippen LogP contribution in [0.2, 0.25) is 10.0 Å². The van der Waals surface area contributed by atoms with Crippen LogP contribution < -0.4 is 27.0 Å². The predicted octanol–water partition coefficient (Wildman–Crippen LogP) is 2.57. The zero-order chi connectivity index (χ0) is 22.8. The lowest BCUT2D eigenvalue weighted by Crippen LogP contribution is -2.54. The van der Waals surface area contributed by atoms with Gasteiger partial charge in [-0.1, -0.05) is 23.2 Å². The van der Waals surface area contributed by atoms with E-state index in [1.807, 2.05) is 12.4 Å². The minimum atomic E-state index is -1.18. The van der Waals surface area contributed by atoms with E-state index in [1.54, 1.807) is 18.2 Å². The maximum atomic E-state index is 6.74. The van der Waals surface area contributed by atoms with Crippen molar-refractivity contribution >= 4 is 35.0 Å². The van der Waals surface area contributed by atoms with E-state index in [1.165, 1.54) is 0 Å². The number of aromatic nitrogens is 2. The number of nitrogens with two attached hydrogens (primary N) is 1. The number of benzene rings is 1. The molecule has 0 radical (unpaired) electrons. The van der Waals surface area contributed by atoms with Gasteiger partial charge in [0.1, 0.15) is 5.82 Å². The Labute approximate surface area is 204 Å². The summed E-state index contributed by atoms with van der Waals surface area (Å²) >= 11 is 12.5. The Bertz CT molecular complexity index is 1030. The first-order valence-electron chi connectivity index (χ1n) is 11.6. The molecule has 1 unspecified atom stereocenters. The maximum absolute atomic E-state index is 6.74. The molecule has 1 aromatic carbocycles. The van der Waals surface area contributed by atoms with Crippen LogP contribution in [-0.4, -0.2) is 48.2 Å². The summed E-state index contributed by atoms with van der Waals surface area (Å²) in [6.07, 6.45) is 10.1. The average molecular weight is 489 g/mol. The Morgan fingerprint density at radius 2 is 1.67 bits per heavy atom. The third-order valence-electron chi connectivity index (χ3n) is 6.57. The van der Waals surface area contributed by atoms with Gasteiger partial charge in [0.25, 0.3) is 0 Å². The molecule has 0 spiro atoms. The zero-order valence-electron chi connectivity index (χ0n) is 18.5. The molecular weight excluding hydrogens is 459 g/mol.